The Morgan fingerprint density at radius 3 is 2.48 bits per heavy atom. The van der Waals surface area contributed by atoms with Crippen LogP contribution in [0.4, 0.5) is 0 Å². The molecule has 2 aromatic rings. The number of benzene rings is 1. The number of carboxylic acids is 1. The molecule has 1 fully saturated rings. The molecule has 2 heterocycles. The first-order valence-corrected chi connectivity index (χ1v) is 7.79. The standard InChI is InChI=1S/C18H19NO4/c20-16(21)12-13-6-9-19(10-7-13)18(22)17-15(8-11-23-17)14-4-2-1-3-5-14/h1-5,8,11,13H,6-7,9-10,12H2,(H,20,21). The third-order valence-corrected chi connectivity index (χ3v) is 4.31. The van der Waals surface area contributed by atoms with Crippen LogP contribution >= 0.6 is 0 Å². The summed E-state index contributed by atoms with van der Waals surface area (Å²) in [5.41, 5.74) is 1.74. The first-order chi connectivity index (χ1) is 11.1. The molecule has 1 saturated heterocycles. The summed E-state index contributed by atoms with van der Waals surface area (Å²) in [5, 5.41) is 8.86. The summed E-state index contributed by atoms with van der Waals surface area (Å²) in [6.07, 6.45) is 3.16. The van der Waals surface area contributed by atoms with Gasteiger partial charge in [0.1, 0.15) is 0 Å². The summed E-state index contributed by atoms with van der Waals surface area (Å²) in [6, 6.07) is 11.5. The van der Waals surface area contributed by atoms with Gasteiger partial charge in [0, 0.05) is 25.1 Å². The van der Waals surface area contributed by atoms with Crippen molar-refractivity contribution in [3.63, 3.8) is 0 Å². The fourth-order valence-corrected chi connectivity index (χ4v) is 3.05. The predicted molar refractivity (Wildman–Crippen MR) is 85.0 cm³/mol. The van der Waals surface area contributed by atoms with E-state index in [0.717, 1.165) is 24.0 Å². The second-order valence-corrected chi connectivity index (χ2v) is 5.86. The van der Waals surface area contributed by atoms with Crippen molar-refractivity contribution >= 4 is 11.9 Å². The molecule has 1 aromatic carbocycles. The zero-order chi connectivity index (χ0) is 16.2. The molecular weight excluding hydrogens is 294 g/mol. The number of rotatable bonds is 4. The van der Waals surface area contributed by atoms with Gasteiger partial charge in [-0.05, 0) is 30.4 Å². The van der Waals surface area contributed by atoms with Gasteiger partial charge >= 0.3 is 5.97 Å². The second-order valence-electron chi connectivity index (χ2n) is 5.86. The van der Waals surface area contributed by atoms with Crippen LogP contribution in [0.1, 0.15) is 29.8 Å². The minimum atomic E-state index is -0.771. The summed E-state index contributed by atoms with van der Waals surface area (Å²) in [4.78, 5) is 25.2. The number of furan rings is 1. The molecule has 0 spiro atoms. The first kappa shape index (κ1) is 15.3. The summed E-state index contributed by atoms with van der Waals surface area (Å²) in [6.45, 7) is 1.15. The average Bonchev–Trinajstić information content (AvgIpc) is 3.05. The maximum Gasteiger partial charge on any atom is 0.303 e. The number of nitrogens with zero attached hydrogens (tertiary/aromatic N) is 1. The SMILES string of the molecule is O=C(O)CC1CCN(C(=O)c2occc2-c2ccccc2)CC1. The van der Waals surface area contributed by atoms with E-state index < -0.39 is 5.97 Å². The van der Waals surface area contributed by atoms with Gasteiger partial charge < -0.3 is 14.4 Å². The van der Waals surface area contributed by atoms with Gasteiger partial charge in [0.05, 0.1) is 6.26 Å². The van der Waals surface area contributed by atoms with Gasteiger partial charge in [0.2, 0.25) is 0 Å². The minimum absolute atomic E-state index is 0.123. The normalized spacial score (nSPS) is 15.6. The highest BCUT2D eigenvalue weighted by Crippen LogP contribution is 2.28. The van der Waals surface area contributed by atoms with Crippen LogP contribution in [0.15, 0.2) is 47.1 Å². The highest BCUT2D eigenvalue weighted by molar-refractivity contribution is 5.98. The molecule has 0 saturated carbocycles. The van der Waals surface area contributed by atoms with Crippen LogP contribution in [0.25, 0.3) is 11.1 Å². The van der Waals surface area contributed by atoms with Crippen LogP contribution in [-0.2, 0) is 4.79 Å². The van der Waals surface area contributed by atoms with Crippen molar-refractivity contribution in [1.82, 2.24) is 4.90 Å². The smallest absolute Gasteiger partial charge is 0.303 e. The molecular formula is C18H19NO4. The van der Waals surface area contributed by atoms with E-state index in [2.05, 4.69) is 0 Å². The van der Waals surface area contributed by atoms with Gasteiger partial charge in [-0.3, -0.25) is 9.59 Å². The van der Waals surface area contributed by atoms with E-state index in [0.29, 0.717) is 18.8 Å². The van der Waals surface area contributed by atoms with E-state index in [9.17, 15) is 9.59 Å². The fraction of sp³-hybridized carbons (Fsp3) is 0.333. The lowest BCUT2D eigenvalue weighted by molar-refractivity contribution is -0.138. The van der Waals surface area contributed by atoms with E-state index in [4.69, 9.17) is 9.52 Å². The zero-order valence-corrected chi connectivity index (χ0v) is 12.8. The van der Waals surface area contributed by atoms with Crippen LogP contribution < -0.4 is 0 Å². The van der Waals surface area contributed by atoms with E-state index in [1.54, 1.807) is 11.0 Å². The van der Waals surface area contributed by atoms with Gasteiger partial charge in [-0.15, -0.1) is 0 Å². The molecule has 0 unspecified atom stereocenters. The molecule has 0 bridgehead atoms. The zero-order valence-electron chi connectivity index (χ0n) is 12.8. The highest BCUT2D eigenvalue weighted by Gasteiger charge is 2.28. The Balaban J connectivity index is 1.71. The molecule has 5 heteroatoms. The summed E-state index contributed by atoms with van der Waals surface area (Å²) in [5.74, 6) is -0.385. The third-order valence-electron chi connectivity index (χ3n) is 4.31. The number of carboxylic acid groups (broad SMARTS) is 1. The minimum Gasteiger partial charge on any atom is -0.481 e. The number of likely N-dealkylation sites (tertiary alicyclic amines) is 1. The van der Waals surface area contributed by atoms with Crippen LogP contribution in [-0.4, -0.2) is 35.0 Å². The molecule has 1 amide bonds. The molecule has 1 aliphatic rings. The van der Waals surface area contributed by atoms with Gasteiger partial charge in [0.15, 0.2) is 5.76 Å². The van der Waals surface area contributed by atoms with Crippen LogP contribution in [0.5, 0.6) is 0 Å². The molecule has 3 rings (SSSR count). The van der Waals surface area contributed by atoms with E-state index in [1.165, 1.54) is 6.26 Å². The topological polar surface area (TPSA) is 70.8 Å². The van der Waals surface area contributed by atoms with Crippen molar-refractivity contribution in [2.75, 3.05) is 13.1 Å². The van der Waals surface area contributed by atoms with Crippen LogP contribution in [0.2, 0.25) is 0 Å². The molecule has 120 valence electrons. The lowest BCUT2D eigenvalue weighted by Gasteiger charge is -2.31. The molecule has 0 atom stereocenters. The largest absolute Gasteiger partial charge is 0.481 e. The number of hydrogen-bond acceptors (Lipinski definition) is 3. The van der Waals surface area contributed by atoms with Crippen molar-refractivity contribution in [3.8, 4) is 11.1 Å². The number of piperidine rings is 1. The second kappa shape index (κ2) is 6.69. The van der Waals surface area contributed by atoms with Gasteiger partial charge in [-0.1, -0.05) is 30.3 Å². The molecule has 0 radical (unpaired) electrons. The Kier molecular flexibility index (Phi) is 4.46. The van der Waals surface area contributed by atoms with Crippen molar-refractivity contribution < 1.29 is 19.1 Å². The maximum atomic E-state index is 12.7. The number of carbonyl (C=O) groups excluding carboxylic acids is 1. The van der Waals surface area contributed by atoms with Crippen LogP contribution in [0, 0.1) is 5.92 Å². The number of amides is 1. The Hall–Kier alpha value is -2.56. The number of hydrogen-bond donors (Lipinski definition) is 1. The van der Waals surface area contributed by atoms with Crippen molar-refractivity contribution in [3.05, 3.63) is 48.4 Å². The van der Waals surface area contributed by atoms with E-state index in [1.807, 2.05) is 30.3 Å². The first-order valence-electron chi connectivity index (χ1n) is 7.79. The molecule has 1 aromatic heterocycles. The molecule has 23 heavy (non-hydrogen) atoms. The molecule has 1 N–H and O–H groups in total. The lowest BCUT2D eigenvalue weighted by Crippen LogP contribution is -2.38. The monoisotopic (exact) mass is 313 g/mol. The fourth-order valence-electron chi connectivity index (χ4n) is 3.05. The maximum absolute atomic E-state index is 12.7. The Morgan fingerprint density at radius 2 is 1.83 bits per heavy atom. The molecule has 5 nitrogen and oxygen atoms in total. The van der Waals surface area contributed by atoms with Crippen molar-refractivity contribution in [2.24, 2.45) is 5.92 Å². The Labute approximate surface area is 134 Å². The summed E-state index contributed by atoms with van der Waals surface area (Å²) in [7, 11) is 0. The highest BCUT2D eigenvalue weighted by atomic mass is 16.4. The van der Waals surface area contributed by atoms with E-state index >= 15 is 0 Å². The third kappa shape index (κ3) is 3.44. The van der Waals surface area contributed by atoms with Gasteiger partial charge in [0.25, 0.3) is 5.91 Å². The quantitative estimate of drug-likeness (QED) is 0.940. The molecule has 0 aliphatic carbocycles. The molecule has 1 aliphatic heterocycles. The predicted octanol–water partition coefficient (Wildman–Crippen LogP) is 3.27. The summed E-state index contributed by atoms with van der Waals surface area (Å²) < 4.78 is 5.44. The Morgan fingerprint density at radius 1 is 1.13 bits per heavy atom. The lowest BCUT2D eigenvalue weighted by atomic mass is 9.93. The average molecular weight is 313 g/mol. The summed E-state index contributed by atoms with van der Waals surface area (Å²) >= 11 is 0. The Bertz CT molecular complexity index is 684. The number of carbonyl (C=O) groups is 2. The number of aliphatic carboxylic acids is 1. The van der Waals surface area contributed by atoms with Crippen LogP contribution in [0.3, 0.4) is 0 Å². The van der Waals surface area contributed by atoms with Crippen molar-refractivity contribution in [1.29, 1.82) is 0 Å². The van der Waals surface area contributed by atoms with Crippen molar-refractivity contribution in [2.45, 2.75) is 19.3 Å². The van der Waals surface area contributed by atoms with Gasteiger partial charge in [-0.2, -0.15) is 0 Å². The van der Waals surface area contributed by atoms with Gasteiger partial charge in [-0.25, -0.2) is 0 Å². The van der Waals surface area contributed by atoms with E-state index in [-0.39, 0.29) is 18.2 Å².